The van der Waals surface area contributed by atoms with Crippen LogP contribution in [0.15, 0.2) is 85.3 Å². The summed E-state index contributed by atoms with van der Waals surface area (Å²) in [5, 5.41) is 9.44. The first-order chi connectivity index (χ1) is 18.7. The van der Waals surface area contributed by atoms with E-state index in [2.05, 4.69) is 55.7 Å². The van der Waals surface area contributed by atoms with Gasteiger partial charge in [-0.05, 0) is 60.3 Å². The van der Waals surface area contributed by atoms with Gasteiger partial charge in [0.2, 0.25) is 5.91 Å². The number of hydrogen-bond donors (Lipinski definition) is 2. The van der Waals surface area contributed by atoms with Crippen LogP contribution >= 0.6 is 12.2 Å². The van der Waals surface area contributed by atoms with Crippen LogP contribution in [0.25, 0.3) is 10.8 Å². The summed E-state index contributed by atoms with van der Waals surface area (Å²) in [5.41, 5.74) is 2.99. The number of pyridine rings is 1. The molecule has 2 aromatic carbocycles. The first-order valence-corrected chi connectivity index (χ1v) is 14.0. The van der Waals surface area contributed by atoms with Crippen LogP contribution < -0.4 is 10.6 Å². The number of carbonyl (C=O) groups is 1. The Labute approximate surface area is 229 Å². The number of nitrogens with zero attached hydrogens (tertiary/aromatic N) is 3. The van der Waals surface area contributed by atoms with Crippen LogP contribution in [0.5, 0.6) is 0 Å². The topological polar surface area (TPSA) is 62.2 Å². The van der Waals surface area contributed by atoms with Crippen LogP contribution in [0.1, 0.15) is 67.9 Å². The van der Waals surface area contributed by atoms with Crippen molar-refractivity contribution < 1.29 is 4.79 Å². The van der Waals surface area contributed by atoms with E-state index in [4.69, 9.17) is 12.2 Å². The van der Waals surface area contributed by atoms with E-state index in [1.165, 1.54) is 37.7 Å². The van der Waals surface area contributed by atoms with Crippen LogP contribution in [-0.4, -0.2) is 32.0 Å². The lowest BCUT2D eigenvalue weighted by Gasteiger charge is -2.27. The molecule has 1 saturated carbocycles. The molecule has 6 nitrogen and oxygen atoms in total. The number of benzene rings is 2. The lowest BCUT2D eigenvalue weighted by atomic mass is 9.95. The van der Waals surface area contributed by atoms with E-state index in [0.29, 0.717) is 24.1 Å². The minimum Gasteiger partial charge on any atom is -0.352 e. The molecule has 2 unspecified atom stereocenters. The van der Waals surface area contributed by atoms with Crippen LogP contribution in [-0.2, 0) is 4.79 Å². The van der Waals surface area contributed by atoms with E-state index in [9.17, 15) is 4.79 Å². The van der Waals surface area contributed by atoms with Crippen molar-refractivity contribution in [3.63, 3.8) is 0 Å². The molecule has 1 amide bonds. The molecule has 2 fully saturated rings. The summed E-state index contributed by atoms with van der Waals surface area (Å²) >= 11 is 5.82. The Morgan fingerprint density at radius 2 is 1.82 bits per heavy atom. The Morgan fingerprint density at radius 1 is 1.00 bits per heavy atom. The van der Waals surface area contributed by atoms with Gasteiger partial charge in [-0.3, -0.25) is 9.78 Å². The number of fused-ring (bicyclic) bond motifs is 1. The maximum Gasteiger partial charge on any atom is 0.226 e. The number of carbonyl (C=O) groups excluding carboxylic acids is 1. The summed E-state index contributed by atoms with van der Waals surface area (Å²) < 4.78 is 2.39. The highest BCUT2D eigenvalue weighted by Gasteiger charge is 2.40. The monoisotopic (exact) mass is 523 g/mol. The van der Waals surface area contributed by atoms with Gasteiger partial charge in [0.15, 0.2) is 5.11 Å². The minimum atomic E-state index is -0.0768. The fraction of sp³-hybridized carbons (Fsp3) is 0.323. The molecular weight excluding hydrogens is 490 g/mol. The quantitative estimate of drug-likeness (QED) is 0.269. The highest BCUT2D eigenvalue weighted by molar-refractivity contribution is 7.80. The second-order valence-corrected chi connectivity index (χ2v) is 10.7. The van der Waals surface area contributed by atoms with Gasteiger partial charge in [-0.1, -0.05) is 61.7 Å². The summed E-state index contributed by atoms with van der Waals surface area (Å²) in [6.07, 6.45) is 13.0. The number of aromatic nitrogens is 2. The van der Waals surface area contributed by atoms with Crippen molar-refractivity contribution >= 4 is 39.7 Å². The van der Waals surface area contributed by atoms with E-state index in [-0.39, 0.29) is 18.0 Å². The molecule has 7 heteroatoms. The molecule has 2 atom stereocenters. The largest absolute Gasteiger partial charge is 0.352 e. The Morgan fingerprint density at radius 3 is 2.66 bits per heavy atom. The summed E-state index contributed by atoms with van der Waals surface area (Å²) in [7, 11) is 0. The Bertz CT molecular complexity index is 1420. The van der Waals surface area contributed by atoms with Crippen molar-refractivity contribution in [3.8, 4) is 0 Å². The lowest BCUT2D eigenvalue weighted by Crippen LogP contribution is -2.32. The van der Waals surface area contributed by atoms with Crippen LogP contribution in [0.3, 0.4) is 0 Å². The van der Waals surface area contributed by atoms with E-state index < -0.39 is 0 Å². The molecular formula is C31H33N5OS. The molecule has 1 aliphatic carbocycles. The lowest BCUT2D eigenvalue weighted by molar-refractivity contribution is -0.116. The van der Waals surface area contributed by atoms with E-state index >= 15 is 0 Å². The Hall–Kier alpha value is -3.71. The van der Waals surface area contributed by atoms with Gasteiger partial charge in [0.25, 0.3) is 0 Å². The summed E-state index contributed by atoms with van der Waals surface area (Å²) in [6.45, 7) is 0.519. The number of nitrogens with one attached hydrogen (secondary N) is 2. The Kier molecular flexibility index (Phi) is 7.10. The molecule has 0 radical (unpaired) electrons. The molecule has 3 heterocycles. The van der Waals surface area contributed by atoms with Gasteiger partial charge >= 0.3 is 0 Å². The Balaban J connectivity index is 1.22. The number of hydrogen-bond acceptors (Lipinski definition) is 3. The van der Waals surface area contributed by atoms with Crippen molar-refractivity contribution in [2.45, 2.75) is 56.7 Å². The van der Waals surface area contributed by atoms with Crippen LogP contribution in [0, 0.1) is 0 Å². The van der Waals surface area contributed by atoms with E-state index in [0.717, 1.165) is 22.2 Å². The third-order valence-electron chi connectivity index (χ3n) is 7.92. The first-order valence-electron chi connectivity index (χ1n) is 13.6. The molecule has 0 spiro atoms. The number of amides is 1. The third-order valence-corrected chi connectivity index (χ3v) is 8.27. The molecule has 6 rings (SSSR count). The zero-order valence-electron chi connectivity index (χ0n) is 21.4. The van der Waals surface area contributed by atoms with Gasteiger partial charge < -0.3 is 20.1 Å². The molecule has 194 valence electrons. The fourth-order valence-corrected chi connectivity index (χ4v) is 6.32. The normalized spacial score (nSPS) is 20.0. The minimum absolute atomic E-state index is 0.0241. The van der Waals surface area contributed by atoms with Gasteiger partial charge in [0, 0.05) is 48.7 Å². The predicted octanol–water partition coefficient (Wildman–Crippen LogP) is 6.54. The van der Waals surface area contributed by atoms with Gasteiger partial charge in [-0.25, -0.2) is 0 Å². The smallest absolute Gasteiger partial charge is 0.226 e. The van der Waals surface area contributed by atoms with Crippen molar-refractivity contribution in [2.24, 2.45) is 0 Å². The van der Waals surface area contributed by atoms with Crippen LogP contribution in [0.4, 0.5) is 5.69 Å². The number of anilines is 1. The van der Waals surface area contributed by atoms with Gasteiger partial charge in [0.05, 0.1) is 17.8 Å². The summed E-state index contributed by atoms with van der Waals surface area (Å²) in [4.78, 5) is 19.9. The standard InChI is InChI=1S/C31H33N5OS/c37-28(33-26-15-8-10-22-9-4-5-13-25(22)26)17-20-36-30(29(34-31(36)38)27-14-6-7-18-32-27)23-16-19-35(21-23)24-11-2-1-3-12-24/h4-10,13-16,18-19,21,24,29-30H,1-3,11-12,17,20H2,(H,33,37)(H,34,38). The second-order valence-electron chi connectivity index (χ2n) is 10.3. The molecule has 1 saturated heterocycles. The average Bonchev–Trinajstić information content (AvgIpc) is 3.57. The van der Waals surface area contributed by atoms with Crippen molar-refractivity contribution in [1.29, 1.82) is 0 Å². The maximum atomic E-state index is 13.1. The molecule has 0 bridgehead atoms. The summed E-state index contributed by atoms with van der Waals surface area (Å²) in [6, 6.07) is 22.7. The van der Waals surface area contributed by atoms with E-state index in [1.807, 2.05) is 54.7 Å². The zero-order valence-corrected chi connectivity index (χ0v) is 22.2. The maximum absolute atomic E-state index is 13.1. The first kappa shape index (κ1) is 24.6. The molecule has 1 aliphatic heterocycles. The predicted molar refractivity (Wildman–Crippen MR) is 156 cm³/mol. The highest BCUT2D eigenvalue weighted by Crippen LogP contribution is 2.40. The SMILES string of the molecule is O=C(CCN1C(=S)NC(c2ccccn2)C1c1ccn(C2CCCCC2)c1)Nc1cccc2ccccc12. The van der Waals surface area contributed by atoms with E-state index in [1.54, 1.807) is 0 Å². The van der Waals surface area contributed by atoms with Crippen molar-refractivity contribution in [1.82, 2.24) is 19.8 Å². The number of rotatable bonds is 7. The van der Waals surface area contributed by atoms with Crippen molar-refractivity contribution in [2.75, 3.05) is 11.9 Å². The summed E-state index contributed by atoms with van der Waals surface area (Å²) in [5.74, 6) is -0.0241. The molecule has 4 aromatic rings. The van der Waals surface area contributed by atoms with Crippen molar-refractivity contribution in [3.05, 3.63) is 96.6 Å². The second kappa shape index (κ2) is 11.0. The molecule has 38 heavy (non-hydrogen) atoms. The van der Waals surface area contributed by atoms with Gasteiger partial charge in [0.1, 0.15) is 0 Å². The number of thiocarbonyl (C=S) groups is 1. The molecule has 2 N–H and O–H groups in total. The highest BCUT2D eigenvalue weighted by atomic mass is 32.1. The fourth-order valence-electron chi connectivity index (χ4n) is 5.99. The van der Waals surface area contributed by atoms with Gasteiger partial charge in [-0.2, -0.15) is 0 Å². The van der Waals surface area contributed by atoms with Gasteiger partial charge in [-0.15, -0.1) is 0 Å². The zero-order chi connectivity index (χ0) is 25.9. The molecule has 2 aliphatic rings. The average molecular weight is 524 g/mol. The molecule has 2 aromatic heterocycles. The third kappa shape index (κ3) is 5.03. The van der Waals surface area contributed by atoms with Crippen LogP contribution in [0.2, 0.25) is 0 Å².